The fraction of sp³-hybridized carbons (Fsp3) is 0.432. The van der Waals surface area contributed by atoms with Crippen molar-refractivity contribution >= 4 is 75.0 Å². The van der Waals surface area contributed by atoms with Crippen LogP contribution in [0.5, 0.6) is 17.2 Å². The van der Waals surface area contributed by atoms with Gasteiger partial charge < -0.3 is 39.0 Å². The number of nitriles is 1. The molecular weight excluding hydrogens is 841 g/mol. The van der Waals surface area contributed by atoms with Crippen molar-refractivity contribution in [2.24, 2.45) is 0 Å². The number of piperidine rings is 1. The highest BCUT2D eigenvalue weighted by atomic mass is 35.5. The van der Waals surface area contributed by atoms with Gasteiger partial charge in [-0.05, 0) is 55.5 Å². The number of anilines is 2. The Balaban J connectivity index is 0.783. The molecule has 2 N–H and O–H groups in total. The Morgan fingerprint density at radius 3 is 2.38 bits per heavy atom. The van der Waals surface area contributed by atoms with Crippen LogP contribution < -0.4 is 24.8 Å². The van der Waals surface area contributed by atoms with Crippen molar-refractivity contribution in [3.05, 3.63) is 75.4 Å². The summed E-state index contributed by atoms with van der Waals surface area (Å²) in [5.41, 5.74) is 3.62. The van der Waals surface area contributed by atoms with Crippen molar-refractivity contribution in [2.45, 2.75) is 49.6 Å². The predicted molar refractivity (Wildman–Crippen MR) is 236 cm³/mol. The molecule has 61 heavy (non-hydrogen) atoms. The molecule has 2 saturated heterocycles. The molecule has 7 rings (SSSR count). The highest BCUT2D eigenvalue weighted by Gasteiger charge is 2.39. The molecule has 0 spiro atoms. The molecule has 3 aliphatic heterocycles. The van der Waals surface area contributed by atoms with Gasteiger partial charge in [-0.25, -0.2) is 0 Å². The van der Waals surface area contributed by atoms with Gasteiger partial charge in [0.2, 0.25) is 11.8 Å². The van der Waals surface area contributed by atoms with E-state index in [1.54, 1.807) is 35.9 Å². The van der Waals surface area contributed by atoms with Crippen LogP contribution >= 0.6 is 35.0 Å². The van der Waals surface area contributed by atoms with Crippen molar-refractivity contribution in [3.8, 4) is 23.3 Å². The number of methoxy groups -OCH3 is 2. The number of aromatic nitrogens is 1. The molecule has 0 saturated carbocycles. The summed E-state index contributed by atoms with van der Waals surface area (Å²) in [7, 11) is 3.10. The molecule has 2 fully saturated rings. The number of nitrogens with one attached hydrogen (secondary N) is 2. The van der Waals surface area contributed by atoms with E-state index in [4.69, 9.17) is 42.1 Å². The van der Waals surface area contributed by atoms with Crippen molar-refractivity contribution in [1.82, 2.24) is 25.0 Å². The second kappa shape index (κ2) is 20.8. The van der Waals surface area contributed by atoms with Gasteiger partial charge in [0.25, 0.3) is 5.91 Å². The fourth-order valence-corrected chi connectivity index (χ4v) is 9.36. The number of pyridine rings is 1. The highest BCUT2D eigenvalue weighted by Crippen LogP contribution is 2.41. The van der Waals surface area contributed by atoms with Crippen molar-refractivity contribution in [1.29, 1.82) is 5.26 Å². The molecule has 3 amide bonds. The molecule has 17 heteroatoms. The van der Waals surface area contributed by atoms with Gasteiger partial charge in [0, 0.05) is 105 Å². The van der Waals surface area contributed by atoms with E-state index in [9.17, 15) is 19.6 Å². The van der Waals surface area contributed by atoms with Crippen LogP contribution in [0.15, 0.2) is 53.6 Å². The third-order valence-electron chi connectivity index (χ3n) is 11.1. The van der Waals surface area contributed by atoms with Gasteiger partial charge in [0.05, 0.1) is 53.3 Å². The smallest absolute Gasteiger partial charge is 0.255 e. The van der Waals surface area contributed by atoms with Crippen LogP contribution in [-0.2, 0) is 20.9 Å². The monoisotopic (exact) mass is 889 g/mol. The highest BCUT2D eigenvalue weighted by molar-refractivity contribution is 7.99. The van der Waals surface area contributed by atoms with Crippen LogP contribution in [0.3, 0.4) is 0 Å². The minimum Gasteiger partial charge on any atom is -0.495 e. The first-order valence-electron chi connectivity index (χ1n) is 20.4. The van der Waals surface area contributed by atoms with Gasteiger partial charge in [-0.2, -0.15) is 5.26 Å². The Morgan fingerprint density at radius 2 is 1.66 bits per heavy atom. The fourth-order valence-electron chi connectivity index (χ4n) is 7.84. The third kappa shape index (κ3) is 10.6. The lowest BCUT2D eigenvalue weighted by Gasteiger charge is -2.34. The number of carbonyl (C=O) groups excluding carboxylic acids is 3. The van der Waals surface area contributed by atoms with E-state index in [0.29, 0.717) is 86.9 Å². The minimum absolute atomic E-state index is 0.146. The van der Waals surface area contributed by atoms with E-state index in [2.05, 4.69) is 31.5 Å². The lowest BCUT2D eigenvalue weighted by molar-refractivity contribution is -0.136. The van der Waals surface area contributed by atoms with Gasteiger partial charge in [0.15, 0.2) is 11.5 Å². The quantitative estimate of drug-likeness (QED) is 0.0569. The summed E-state index contributed by atoms with van der Waals surface area (Å²) in [6.45, 7) is 8.25. The van der Waals surface area contributed by atoms with Crippen molar-refractivity contribution < 1.29 is 33.3 Å². The van der Waals surface area contributed by atoms with E-state index in [0.717, 1.165) is 81.3 Å². The molecular formula is C44H49Cl2N7O7S. The molecule has 3 aliphatic rings. The Bertz CT molecular complexity index is 2300. The Labute approximate surface area is 369 Å². The van der Waals surface area contributed by atoms with Crippen LogP contribution in [0, 0.1) is 11.3 Å². The molecule has 322 valence electrons. The number of fused-ring (bicyclic) bond motifs is 2. The SMILES string of the molecule is COc1cc(Nc2c(C#N)cnc3cc(OCCCN4CCN(CCCOCCCSc5cccc6c5CN(C5CCC(=O)NC5=O)C6=O)CC4)c(OC)cc23)c(Cl)cc1Cl. The zero-order valence-corrected chi connectivity index (χ0v) is 36.6. The van der Waals surface area contributed by atoms with E-state index in [1.165, 1.54) is 13.3 Å². The zero-order valence-electron chi connectivity index (χ0n) is 34.3. The second-order valence-corrected chi connectivity index (χ2v) is 17.0. The molecule has 0 bridgehead atoms. The Morgan fingerprint density at radius 1 is 0.918 bits per heavy atom. The predicted octanol–water partition coefficient (Wildman–Crippen LogP) is 6.91. The number of thioether (sulfide) groups is 1. The number of hydrogen-bond acceptors (Lipinski definition) is 13. The number of imide groups is 1. The summed E-state index contributed by atoms with van der Waals surface area (Å²) in [4.78, 5) is 49.3. The molecule has 3 aromatic carbocycles. The maximum atomic E-state index is 13.1. The number of ether oxygens (including phenoxy) is 4. The van der Waals surface area contributed by atoms with Crippen LogP contribution in [0.2, 0.25) is 10.0 Å². The first kappa shape index (κ1) is 44.2. The number of benzene rings is 3. The summed E-state index contributed by atoms with van der Waals surface area (Å²) >= 11 is 14.4. The first-order valence-corrected chi connectivity index (χ1v) is 22.2. The van der Waals surface area contributed by atoms with Crippen molar-refractivity contribution in [3.63, 3.8) is 0 Å². The van der Waals surface area contributed by atoms with E-state index in [1.807, 2.05) is 30.3 Å². The lowest BCUT2D eigenvalue weighted by Crippen LogP contribution is -2.52. The number of amides is 3. The number of nitrogens with zero attached hydrogens (tertiary/aromatic N) is 5. The van der Waals surface area contributed by atoms with E-state index < -0.39 is 11.9 Å². The number of halogens is 2. The molecule has 0 aliphatic carbocycles. The van der Waals surface area contributed by atoms with Crippen LogP contribution in [0.4, 0.5) is 11.4 Å². The van der Waals surface area contributed by atoms with Crippen molar-refractivity contribution in [2.75, 3.05) is 84.4 Å². The van der Waals surface area contributed by atoms with Gasteiger partial charge in [0.1, 0.15) is 17.9 Å². The molecule has 1 unspecified atom stereocenters. The number of rotatable bonds is 19. The maximum absolute atomic E-state index is 13.1. The van der Waals surface area contributed by atoms with Crippen LogP contribution in [0.1, 0.15) is 53.6 Å². The summed E-state index contributed by atoms with van der Waals surface area (Å²) in [5, 5.41) is 16.9. The van der Waals surface area contributed by atoms with Gasteiger partial charge in [-0.3, -0.25) is 24.7 Å². The Hall–Kier alpha value is -4.82. The largest absolute Gasteiger partial charge is 0.495 e. The molecule has 4 heterocycles. The third-order valence-corrected chi connectivity index (χ3v) is 12.9. The standard InChI is InChI=1S/C44H49Cl2N7O7S/c1-57-37-24-35(32(45)22-33(37)46)49-42-28(25-47)26-48-34-23-39(38(58-2)21-30(34)42)60-19-5-12-52-15-13-51(14-16-52)11-4-17-59-18-6-20-61-40-8-3-7-29-31(40)27-53(44(29)56)36-9-10-41(54)50-43(36)55/h3,7-8,21-24,26,36H,4-6,9-20,27H2,1-2H3,(H,48,49)(H,50,54,55). The van der Waals surface area contributed by atoms with E-state index in [-0.39, 0.29) is 18.2 Å². The number of hydrogen-bond donors (Lipinski definition) is 2. The van der Waals surface area contributed by atoms with Gasteiger partial charge >= 0.3 is 0 Å². The number of carbonyl (C=O) groups is 3. The molecule has 1 aromatic heterocycles. The maximum Gasteiger partial charge on any atom is 0.255 e. The zero-order chi connectivity index (χ0) is 42.9. The summed E-state index contributed by atoms with van der Waals surface area (Å²) in [6, 6.07) is 14.2. The lowest BCUT2D eigenvalue weighted by atomic mass is 10.0. The molecule has 4 aromatic rings. The minimum atomic E-state index is -0.609. The summed E-state index contributed by atoms with van der Waals surface area (Å²) in [5.74, 6) is 1.59. The summed E-state index contributed by atoms with van der Waals surface area (Å²) < 4.78 is 23.2. The first-order chi connectivity index (χ1) is 29.7. The molecule has 0 radical (unpaired) electrons. The van der Waals surface area contributed by atoms with E-state index >= 15 is 0 Å². The second-order valence-electron chi connectivity index (χ2n) is 15.0. The van der Waals surface area contributed by atoms with Crippen LogP contribution in [-0.4, -0.2) is 123 Å². The summed E-state index contributed by atoms with van der Waals surface area (Å²) in [6.07, 6.45) is 4.84. The average molecular weight is 891 g/mol. The van der Waals surface area contributed by atoms with Gasteiger partial charge in [-0.15, -0.1) is 11.8 Å². The van der Waals surface area contributed by atoms with Gasteiger partial charge in [-0.1, -0.05) is 29.3 Å². The number of piperazine rings is 1. The van der Waals surface area contributed by atoms with Crippen LogP contribution in [0.25, 0.3) is 10.9 Å². The molecule has 1 atom stereocenters. The average Bonchev–Trinajstić information content (AvgIpc) is 3.60. The Kier molecular flexibility index (Phi) is 15.1. The molecule has 14 nitrogen and oxygen atoms in total. The normalized spacial score (nSPS) is 17.0. The topological polar surface area (TPSA) is 159 Å².